The molecule has 2 amide bonds. The zero-order valence-electron chi connectivity index (χ0n) is 14.5. The minimum absolute atomic E-state index is 0.00556. The average Bonchev–Trinajstić information content (AvgIpc) is 3.23. The lowest BCUT2D eigenvalue weighted by atomic mass is 9.99. The van der Waals surface area contributed by atoms with Gasteiger partial charge in [0.25, 0.3) is 11.8 Å². The van der Waals surface area contributed by atoms with Gasteiger partial charge in [-0.25, -0.2) is 4.68 Å². The van der Waals surface area contributed by atoms with E-state index in [0.717, 1.165) is 51.9 Å². The zero-order valence-corrected chi connectivity index (χ0v) is 14.5. The molecule has 2 aliphatic heterocycles. The Kier molecular flexibility index (Phi) is 5.06. The summed E-state index contributed by atoms with van der Waals surface area (Å²) in [6.45, 7) is 5.39. The molecule has 0 saturated carbocycles. The first-order valence-electron chi connectivity index (χ1n) is 8.78. The Hall–Kier alpha value is -2.05. The number of amides is 2. The lowest BCUT2D eigenvalue weighted by molar-refractivity contribution is -0.132. The summed E-state index contributed by atoms with van der Waals surface area (Å²) in [6.07, 6.45) is 4.19. The number of nitrogens with zero attached hydrogens (tertiary/aromatic N) is 4. The maximum Gasteiger partial charge on any atom is 0.274 e. The van der Waals surface area contributed by atoms with E-state index in [-0.39, 0.29) is 18.4 Å². The molecule has 7 heteroatoms. The number of hydrogen-bond donors (Lipinski definition) is 0. The highest BCUT2D eigenvalue weighted by atomic mass is 16.5. The van der Waals surface area contributed by atoms with Crippen LogP contribution in [0.25, 0.3) is 0 Å². The fourth-order valence-corrected chi connectivity index (χ4v) is 3.26. The van der Waals surface area contributed by atoms with Crippen LogP contribution in [0.1, 0.15) is 43.1 Å². The maximum absolute atomic E-state index is 12.5. The molecule has 0 unspecified atom stereocenters. The molecule has 0 bridgehead atoms. The van der Waals surface area contributed by atoms with Crippen LogP contribution in [0.5, 0.6) is 5.88 Å². The first kappa shape index (κ1) is 16.8. The minimum Gasteiger partial charge on any atom is -0.468 e. The standard InChI is InChI=1S/C17H26N4O3/c1-13-5-9-21(10-6-13)17(23)14-11-16(19(2)18-14)24-12-15(22)20-7-3-4-8-20/h11,13H,3-10,12H2,1-2H3. The van der Waals surface area contributed by atoms with Gasteiger partial charge < -0.3 is 14.5 Å². The van der Waals surface area contributed by atoms with E-state index in [0.29, 0.717) is 17.5 Å². The molecule has 24 heavy (non-hydrogen) atoms. The number of carbonyl (C=O) groups excluding carboxylic acids is 2. The van der Waals surface area contributed by atoms with E-state index in [9.17, 15) is 9.59 Å². The molecular weight excluding hydrogens is 308 g/mol. The summed E-state index contributed by atoms with van der Waals surface area (Å²) in [5.74, 6) is 1.06. The Morgan fingerprint density at radius 2 is 1.83 bits per heavy atom. The van der Waals surface area contributed by atoms with E-state index >= 15 is 0 Å². The van der Waals surface area contributed by atoms with Crippen molar-refractivity contribution in [3.05, 3.63) is 11.8 Å². The molecule has 3 rings (SSSR count). The molecule has 3 heterocycles. The van der Waals surface area contributed by atoms with Gasteiger partial charge in [0, 0.05) is 39.3 Å². The number of aryl methyl sites for hydroxylation is 1. The van der Waals surface area contributed by atoms with Crippen molar-refractivity contribution in [3.63, 3.8) is 0 Å². The number of likely N-dealkylation sites (tertiary alicyclic amines) is 2. The second-order valence-corrected chi connectivity index (χ2v) is 6.84. The van der Waals surface area contributed by atoms with Crippen LogP contribution in [0.3, 0.4) is 0 Å². The van der Waals surface area contributed by atoms with Crippen LogP contribution in [0.2, 0.25) is 0 Å². The maximum atomic E-state index is 12.5. The lowest BCUT2D eigenvalue weighted by Crippen LogP contribution is -2.38. The summed E-state index contributed by atoms with van der Waals surface area (Å²) in [5, 5.41) is 4.26. The van der Waals surface area contributed by atoms with Crippen LogP contribution in [-0.4, -0.2) is 64.2 Å². The predicted octanol–water partition coefficient (Wildman–Crippen LogP) is 1.29. The zero-order chi connectivity index (χ0) is 17.1. The number of carbonyl (C=O) groups is 2. The largest absolute Gasteiger partial charge is 0.468 e. The summed E-state index contributed by atoms with van der Waals surface area (Å²) < 4.78 is 7.11. The highest BCUT2D eigenvalue weighted by Gasteiger charge is 2.25. The van der Waals surface area contributed by atoms with Crippen molar-refractivity contribution in [2.45, 2.75) is 32.6 Å². The molecule has 2 aliphatic rings. The Labute approximate surface area is 142 Å². The molecule has 132 valence electrons. The van der Waals surface area contributed by atoms with Gasteiger partial charge >= 0.3 is 0 Å². The fraction of sp³-hybridized carbons (Fsp3) is 0.706. The highest BCUT2D eigenvalue weighted by molar-refractivity contribution is 5.92. The van der Waals surface area contributed by atoms with Crippen LogP contribution < -0.4 is 4.74 Å². The van der Waals surface area contributed by atoms with Gasteiger partial charge in [-0.3, -0.25) is 9.59 Å². The van der Waals surface area contributed by atoms with Crippen LogP contribution in [0.15, 0.2) is 6.07 Å². The van der Waals surface area contributed by atoms with Crippen molar-refractivity contribution in [2.24, 2.45) is 13.0 Å². The third-order valence-corrected chi connectivity index (χ3v) is 4.93. The molecule has 0 radical (unpaired) electrons. The Balaban J connectivity index is 1.58. The average molecular weight is 334 g/mol. The molecular formula is C17H26N4O3. The van der Waals surface area contributed by atoms with Gasteiger partial charge in [0.2, 0.25) is 5.88 Å². The highest BCUT2D eigenvalue weighted by Crippen LogP contribution is 2.20. The monoisotopic (exact) mass is 334 g/mol. The Bertz CT molecular complexity index is 599. The second kappa shape index (κ2) is 7.23. The van der Waals surface area contributed by atoms with E-state index in [4.69, 9.17) is 4.74 Å². The van der Waals surface area contributed by atoms with Gasteiger partial charge in [0.1, 0.15) is 0 Å². The molecule has 0 aromatic carbocycles. The number of aromatic nitrogens is 2. The summed E-state index contributed by atoms with van der Waals surface area (Å²) in [5.41, 5.74) is 0.385. The molecule has 2 fully saturated rings. The van der Waals surface area contributed by atoms with E-state index in [1.807, 2.05) is 9.80 Å². The molecule has 7 nitrogen and oxygen atoms in total. The molecule has 1 aromatic rings. The number of rotatable bonds is 4. The first-order valence-corrected chi connectivity index (χ1v) is 8.78. The second-order valence-electron chi connectivity index (χ2n) is 6.84. The van der Waals surface area contributed by atoms with Crippen molar-refractivity contribution >= 4 is 11.8 Å². The quantitative estimate of drug-likeness (QED) is 0.832. The van der Waals surface area contributed by atoms with Crippen LogP contribution >= 0.6 is 0 Å². The molecule has 2 saturated heterocycles. The third kappa shape index (κ3) is 3.71. The fourth-order valence-electron chi connectivity index (χ4n) is 3.26. The summed E-state index contributed by atoms with van der Waals surface area (Å²) in [4.78, 5) is 28.2. The third-order valence-electron chi connectivity index (χ3n) is 4.93. The SMILES string of the molecule is CC1CCN(C(=O)c2cc(OCC(=O)N3CCCC3)n(C)n2)CC1. The number of hydrogen-bond acceptors (Lipinski definition) is 4. The van der Waals surface area contributed by atoms with Crippen molar-refractivity contribution in [2.75, 3.05) is 32.8 Å². The van der Waals surface area contributed by atoms with E-state index < -0.39 is 0 Å². The van der Waals surface area contributed by atoms with Gasteiger partial charge in [-0.15, -0.1) is 0 Å². The number of ether oxygens (including phenoxy) is 1. The van der Waals surface area contributed by atoms with Gasteiger partial charge in [0.05, 0.1) is 0 Å². The van der Waals surface area contributed by atoms with Gasteiger partial charge in [-0.05, 0) is 31.6 Å². The Morgan fingerprint density at radius 3 is 2.50 bits per heavy atom. The van der Waals surface area contributed by atoms with E-state index in [1.54, 1.807) is 13.1 Å². The molecule has 0 atom stereocenters. The molecule has 1 aromatic heterocycles. The first-order chi connectivity index (χ1) is 11.5. The van der Waals surface area contributed by atoms with Crippen molar-refractivity contribution < 1.29 is 14.3 Å². The van der Waals surface area contributed by atoms with Crippen LogP contribution in [0.4, 0.5) is 0 Å². The lowest BCUT2D eigenvalue weighted by Gasteiger charge is -2.29. The molecule has 0 N–H and O–H groups in total. The van der Waals surface area contributed by atoms with Crippen LogP contribution in [-0.2, 0) is 11.8 Å². The smallest absolute Gasteiger partial charge is 0.274 e. The van der Waals surface area contributed by atoms with E-state index in [1.165, 1.54) is 4.68 Å². The number of piperidine rings is 1. The van der Waals surface area contributed by atoms with E-state index in [2.05, 4.69) is 12.0 Å². The topological polar surface area (TPSA) is 67.7 Å². The van der Waals surface area contributed by atoms with Gasteiger partial charge in [-0.1, -0.05) is 6.92 Å². The summed E-state index contributed by atoms with van der Waals surface area (Å²) in [6, 6.07) is 1.64. The van der Waals surface area contributed by atoms with Crippen molar-refractivity contribution in [3.8, 4) is 5.88 Å². The van der Waals surface area contributed by atoms with Gasteiger partial charge in [0.15, 0.2) is 12.3 Å². The van der Waals surface area contributed by atoms with Crippen molar-refractivity contribution in [1.82, 2.24) is 19.6 Å². The summed E-state index contributed by atoms with van der Waals surface area (Å²) >= 11 is 0. The van der Waals surface area contributed by atoms with Crippen molar-refractivity contribution in [1.29, 1.82) is 0 Å². The van der Waals surface area contributed by atoms with Crippen LogP contribution in [0, 0.1) is 5.92 Å². The van der Waals surface area contributed by atoms with Gasteiger partial charge in [-0.2, -0.15) is 5.10 Å². The normalized spacial score (nSPS) is 18.9. The molecule has 0 aliphatic carbocycles. The summed E-state index contributed by atoms with van der Waals surface area (Å²) in [7, 11) is 1.73. The predicted molar refractivity (Wildman–Crippen MR) is 88.8 cm³/mol. The Morgan fingerprint density at radius 1 is 1.17 bits per heavy atom. The molecule has 0 spiro atoms. The minimum atomic E-state index is -0.0572.